The van der Waals surface area contributed by atoms with E-state index in [0.717, 1.165) is 0 Å². The summed E-state index contributed by atoms with van der Waals surface area (Å²) in [4.78, 5) is 28.2. The zero-order chi connectivity index (χ0) is 23.3. The number of rotatable bonds is 8. The van der Waals surface area contributed by atoms with Gasteiger partial charge in [-0.3, -0.25) is 4.79 Å². The lowest BCUT2D eigenvalue weighted by Crippen LogP contribution is -2.41. The number of carbonyl (C=O) groups excluding carboxylic acids is 2. The summed E-state index contributed by atoms with van der Waals surface area (Å²) in [6, 6.07) is 6.73. The SMILES string of the molecule is CCOC(=O)COc1cccc(NC(=O)C2CCN(S(=O)(=O)c3cn(C)c(C)n3)CC2)c1. The lowest BCUT2D eigenvalue weighted by atomic mass is 9.97. The Morgan fingerprint density at radius 2 is 1.97 bits per heavy atom. The van der Waals surface area contributed by atoms with Gasteiger partial charge < -0.3 is 19.4 Å². The number of carbonyl (C=O) groups is 2. The van der Waals surface area contributed by atoms with E-state index in [2.05, 4.69) is 10.3 Å². The number of benzene rings is 1. The molecule has 11 heteroatoms. The molecule has 0 aliphatic carbocycles. The quantitative estimate of drug-likeness (QED) is 0.591. The smallest absolute Gasteiger partial charge is 0.344 e. The van der Waals surface area contributed by atoms with E-state index in [9.17, 15) is 18.0 Å². The molecule has 0 unspecified atom stereocenters. The van der Waals surface area contributed by atoms with Crippen molar-refractivity contribution in [2.75, 3.05) is 31.6 Å². The second-order valence-corrected chi connectivity index (χ2v) is 9.41. The van der Waals surface area contributed by atoms with Crippen LogP contribution in [0.25, 0.3) is 0 Å². The molecular formula is C21H28N4O6S. The summed E-state index contributed by atoms with van der Waals surface area (Å²) in [6.45, 7) is 4.02. The molecule has 3 rings (SSSR count). The maximum Gasteiger partial charge on any atom is 0.344 e. The van der Waals surface area contributed by atoms with Crippen molar-refractivity contribution < 1.29 is 27.5 Å². The second-order valence-electron chi connectivity index (χ2n) is 7.53. The van der Waals surface area contributed by atoms with Crippen LogP contribution < -0.4 is 10.1 Å². The van der Waals surface area contributed by atoms with Crippen molar-refractivity contribution >= 4 is 27.6 Å². The predicted molar refractivity (Wildman–Crippen MR) is 117 cm³/mol. The number of aromatic nitrogens is 2. The van der Waals surface area contributed by atoms with Crippen LogP contribution >= 0.6 is 0 Å². The zero-order valence-corrected chi connectivity index (χ0v) is 19.2. The Morgan fingerprint density at radius 3 is 2.59 bits per heavy atom. The first-order valence-corrected chi connectivity index (χ1v) is 11.8. The molecule has 2 heterocycles. The standard InChI is InChI=1S/C21H28N4O6S/c1-4-30-20(26)14-31-18-7-5-6-17(12-18)23-21(27)16-8-10-25(11-9-16)32(28,29)19-13-24(3)15(2)22-19/h5-7,12-13,16H,4,8-11,14H2,1-3H3,(H,23,27). The Kier molecular flexibility index (Phi) is 7.52. The lowest BCUT2D eigenvalue weighted by Gasteiger charge is -2.29. The summed E-state index contributed by atoms with van der Waals surface area (Å²) in [5, 5.41) is 2.87. The van der Waals surface area contributed by atoms with Gasteiger partial charge in [-0.25, -0.2) is 18.2 Å². The van der Waals surface area contributed by atoms with Gasteiger partial charge >= 0.3 is 5.97 Å². The van der Waals surface area contributed by atoms with E-state index >= 15 is 0 Å². The van der Waals surface area contributed by atoms with Gasteiger partial charge in [0.25, 0.3) is 10.0 Å². The summed E-state index contributed by atoms with van der Waals surface area (Å²) in [5.41, 5.74) is 0.537. The molecule has 1 amide bonds. The first-order chi connectivity index (χ1) is 15.2. The van der Waals surface area contributed by atoms with E-state index in [4.69, 9.17) is 9.47 Å². The van der Waals surface area contributed by atoms with Gasteiger partial charge in [-0.1, -0.05) is 6.07 Å². The monoisotopic (exact) mass is 464 g/mol. The molecule has 1 fully saturated rings. The fourth-order valence-electron chi connectivity index (χ4n) is 3.39. The van der Waals surface area contributed by atoms with Crippen LogP contribution in [0, 0.1) is 12.8 Å². The van der Waals surface area contributed by atoms with E-state index in [1.807, 2.05) is 0 Å². The highest BCUT2D eigenvalue weighted by atomic mass is 32.2. The summed E-state index contributed by atoms with van der Waals surface area (Å²) in [5.74, 6) is 0.0903. The number of hydrogen-bond acceptors (Lipinski definition) is 7. The normalized spacial score (nSPS) is 15.3. The number of hydrogen-bond donors (Lipinski definition) is 1. The third-order valence-electron chi connectivity index (χ3n) is 5.28. The van der Waals surface area contributed by atoms with Gasteiger partial charge in [-0.05, 0) is 38.8 Å². The number of esters is 1. The van der Waals surface area contributed by atoms with Crippen LogP contribution in [0.4, 0.5) is 5.69 Å². The van der Waals surface area contributed by atoms with E-state index in [0.29, 0.717) is 30.1 Å². The Labute approximate surface area is 187 Å². The highest BCUT2D eigenvalue weighted by Gasteiger charge is 2.33. The van der Waals surface area contributed by atoms with Crippen LogP contribution in [-0.2, 0) is 31.4 Å². The minimum atomic E-state index is -3.68. The van der Waals surface area contributed by atoms with E-state index in [-0.39, 0.29) is 43.2 Å². The average Bonchev–Trinajstić information content (AvgIpc) is 3.12. The number of anilines is 1. The number of amides is 1. The number of ether oxygens (including phenoxy) is 2. The van der Waals surface area contributed by atoms with E-state index in [1.165, 1.54) is 10.5 Å². The highest BCUT2D eigenvalue weighted by molar-refractivity contribution is 7.89. The number of piperidine rings is 1. The number of nitrogens with one attached hydrogen (secondary N) is 1. The number of nitrogens with zero attached hydrogens (tertiary/aromatic N) is 3. The topological polar surface area (TPSA) is 120 Å². The number of sulfonamides is 1. The number of imidazole rings is 1. The first-order valence-electron chi connectivity index (χ1n) is 10.4. The molecule has 0 saturated carbocycles. The first kappa shape index (κ1) is 23.7. The maximum atomic E-state index is 12.8. The predicted octanol–water partition coefficient (Wildman–Crippen LogP) is 1.71. The highest BCUT2D eigenvalue weighted by Crippen LogP contribution is 2.25. The fourth-order valence-corrected chi connectivity index (χ4v) is 4.89. The van der Waals surface area contributed by atoms with Gasteiger partial charge in [0, 0.05) is 44.0 Å². The second kappa shape index (κ2) is 10.1. The van der Waals surface area contributed by atoms with Crippen molar-refractivity contribution in [1.29, 1.82) is 0 Å². The third-order valence-corrected chi connectivity index (χ3v) is 7.05. The van der Waals surface area contributed by atoms with Crippen LogP contribution in [0.1, 0.15) is 25.6 Å². The fraction of sp³-hybridized carbons (Fsp3) is 0.476. The Morgan fingerprint density at radius 1 is 1.25 bits per heavy atom. The Balaban J connectivity index is 1.54. The molecule has 2 aromatic rings. The average molecular weight is 465 g/mol. The van der Waals surface area contributed by atoms with Crippen LogP contribution in [0.15, 0.2) is 35.5 Å². The molecule has 1 aliphatic rings. The molecule has 0 atom stereocenters. The molecule has 1 aromatic carbocycles. The molecule has 0 bridgehead atoms. The van der Waals surface area contributed by atoms with Gasteiger partial charge in [0.2, 0.25) is 5.91 Å². The molecule has 32 heavy (non-hydrogen) atoms. The molecular weight excluding hydrogens is 436 g/mol. The van der Waals surface area contributed by atoms with Crippen molar-refractivity contribution in [1.82, 2.24) is 13.9 Å². The summed E-state index contributed by atoms with van der Waals surface area (Å²) >= 11 is 0. The van der Waals surface area contributed by atoms with Crippen molar-refractivity contribution in [2.45, 2.75) is 31.7 Å². The summed E-state index contributed by atoms with van der Waals surface area (Å²) in [6.07, 6.45) is 2.33. The van der Waals surface area contributed by atoms with E-state index in [1.54, 1.807) is 49.7 Å². The minimum Gasteiger partial charge on any atom is -0.482 e. The molecule has 1 saturated heterocycles. The van der Waals surface area contributed by atoms with Gasteiger partial charge in [-0.2, -0.15) is 4.31 Å². The van der Waals surface area contributed by atoms with Crippen molar-refractivity contribution in [3.8, 4) is 5.75 Å². The molecule has 0 radical (unpaired) electrons. The molecule has 10 nitrogen and oxygen atoms in total. The van der Waals surface area contributed by atoms with Crippen molar-refractivity contribution in [2.24, 2.45) is 13.0 Å². The molecule has 174 valence electrons. The van der Waals surface area contributed by atoms with Gasteiger partial charge in [-0.15, -0.1) is 0 Å². The third kappa shape index (κ3) is 5.65. The maximum absolute atomic E-state index is 12.8. The Bertz CT molecular complexity index is 1050. The largest absolute Gasteiger partial charge is 0.482 e. The summed E-state index contributed by atoms with van der Waals surface area (Å²) < 4.78 is 38.9. The van der Waals surface area contributed by atoms with Gasteiger partial charge in [0.15, 0.2) is 11.6 Å². The van der Waals surface area contributed by atoms with Crippen LogP contribution in [-0.4, -0.2) is 60.5 Å². The van der Waals surface area contributed by atoms with Crippen molar-refractivity contribution in [3.05, 3.63) is 36.3 Å². The van der Waals surface area contributed by atoms with E-state index < -0.39 is 16.0 Å². The molecule has 1 N–H and O–H groups in total. The molecule has 0 spiro atoms. The lowest BCUT2D eigenvalue weighted by molar-refractivity contribution is -0.145. The van der Waals surface area contributed by atoms with Crippen LogP contribution in [0.3, 0.4) is 0 Å². The van der Waals surface area contributed by atoms with Gasteiger partial charge in [0.05, 0.1) is 6.61 Å². The van der Waals surface area contributed by atoms with Gasteiger partial charge in [0.1, 0.15) is 11.6 Å². The van der Waals surface area contributed by atoms with Crippen LogP contribution in [0.2, 0.25) is 0 Å². The van der Waals surface area contributed by atoms with Crippen molar-refractivity contribution in [3.63, 3.8) is 0 Å². The summed E-state index contributed by atoms with van der Waals surface area (Å²) in [7, 11) is -1.93. The zero-order valence-electron chi connectivity index (χ0n) is 18.4. The molecule has 1 aromatic heterocycles. The molecule has 1 aliphatic heterocycles. The Hall–Kier alpha value is -2.92. The number of aryl methyl sites for hydroxylation is 2. The van der Waals surface area contributed by atoms with Crippen LogP contribution in [0.5, 0.6) is 5.75 Å². The minimum absolute atomic E-state index is 0.0278.